The number of anilines is 1. The Labute approximate surface area is 129 Å². The maximum Gasteiger partial charge on any atom is 0.0376 e. The number of benzene rings is 1. The lowest BCUT2D eigenvalue weighted by atomic mass is 9.82. The van der Waals surface area contributed by atoms with E-state index in [1.165, 1.54) is 37.2 Å². The highest BCUT2D eigenvalue weighted by molar-refractivity contribution is 5.54. The minimum atomic E-state index is 0.341. The predicted molar refractivity (Wildman–Crippen MR) is 90.9 cm³/mol. The van der Waals surface area contributed by atoms with Crippen LogP contribution in [0, 0.1) is 5.41 Å². The molecule has 1 atom stereocenters. The van der Waals surface area contributed by atoms with Gasteiger partial charge >= 0.3 is 0 Å². The minimum Gasteiger partial charge on any atom is -0.385 e. The minimum absolute atomic E-state index is 0.341. The van der Waals surface area contributed by atoms with Crippen LogP contribution in [0.25, 0.3) is 0 Å². The summed E-state index contributed by atoms with van der Waals surface area (Å²) in [5.41, 5.74) is 4.82. The Morgan fingerprint density at radius 2 is 2.05 bits per heavy atom. The van der Waals surface area contributed by atoms with Crippen molar-refractivity contribution in [1.82, 2.24) is 4.90 Å². The summed E-state index contributed by atoms with van der Waals surface area (Å²) < 4.78 is 0. The van der Waals surface area contributed by atoms with E-state index in [1.807, 2.05) is 0 Å². The molecule has 0 bridgehead atoms. The monoisotopic (exact) mass is 284 g/mol. The number of rotatable bonds is 2. The van der Waals surface area contributed by atoms with E-state index < -0.39 is 0 Å². The van der Waals surface area contributed by atoms with Crippen LogP contribution >= 0.6 is 0 Å². The largest absolute Gasteiger partial charge is 0.385 e. The summed E-state index contributed by atoms with van der Waals surface area (Å²) in [5, 5.41) is 3.53. The van der Waals surface area contributed by atoms with Crippen LogP contribution in [-0.4, -0.2) is 31.1 Å². The smallest absolute Gasteiger partial charge is 0.0376 e. The van der Waals surface area contributed by atoms with E-state index in [0.717, 1.165) is 13.1 Å². The number of para-hydroxylation sites is 1. The highest BCUT2D eigenvalue weighted by Gasteiger charge is 2.25. The van der Waals surface area contributed by atoms with Crippen LogP contribution in [0.5, 0.6) is 0 Å². The second-order valence-corrected chi connectivity index (χ2v) is 7.49. The molecule has 1 aromatic carbocycles. The van der Waals surface area contributed by atoms with Crippen LogP contribution < -0.4 is 5.32 Å². The van der Waals surface area contributed by atoms with Crippen LogP contribution in [0.4, 0.5) is 5.69 Å². The Kier molecular flexibility index (Phi) is 4.08. The van der Waals surface area contributed by atoms with E-state index in [4.69, 9.17) is 0 Å². The number of nitrogens with one attached hydrogen (secondary N) is 1. The van der Waals surface area contributed by atoms with Gasteiger partial charge in [-0.05, 0) is 29.9 Å². The number of nitrogens with zero attached hydrogens (tertiary/aromatic N) is 1. The van der Waals surface area contributed by atoms with E-state index in [0.29, 0.717) is 11.3 Å². The van der Waals surface area contributed by atoms with Crippen LogP contribution in [0.15, 0.2) is 35.9 Å². The standard InChI is InChI=1S/C19H28N2/c1-19(2,3)16-9-12-21(13-10-16)14-15-8-11-20-18-7-5-4-6-17(15)18/h4-7,9,15,20H,8,10-14H2,1-3H3. The molecule has 2 heteroatoms. The van der Waals surface area contributed by atoms with Crippen molar-refractivity contribution in [2.45, 2.75) is 39.5 Å². The lowest BCUT2D eigenvalue weighted by molar-refractivity contribution is 0.258. The van der Waals surface area contributed by atoms with Crippen molar-refractivity contribution in [3.8, 4) is 0 Å². The van der Waals surface area contributed by atoms with Gasteiger partial charge in [0.15, 0.2) is 0 Å². The number of hydrogen-bond acceptors (Lipinski definition) is 2. The zero-order valence-electron chi connectivity index (χ0n) is 13.7. The van der Waals surface area contributed by atoms with Crippen LogP contribution in [-0.2, 0) is 0 Å². The van der Waals surface area contributed by atoms with Gasteiger partial charge in [0.05, 0.1) is 0 Å². The molecule has 2 aliphatic heterocycles. The Balaban J connectivity index is 1.66. The van der Waals surface area contributed by atoms with E-state index in [1.54, 1.807) is 5.57 Å². The summed E-state index contributed by atoms with van der Waals surface area (Å²) in [7, 11) is 0. The Morgan fingerprint density at radius 3 is 2.76 bits per heavy atom. The van der Waals surface area contributed by atoms with E-state index in [-0.39, 0.29) is 0 Å². The molecule has 0 saturated carbocycles. The molecular weight excluding hydrogens is 256 g/mol. The van der Waals surface area contributed by atoms with Crippen molar-refractivity contribution < 1.29 is 0 Å². The molecule has 0 spiro atoms. The van der Waals surface area contributed by atoms with Crippen molar-refractivity contribution in [2.24, 2.45) is 5.41 Å². The van der Waals surface area contributed by atoms with Gasteiger partial charge in [-0.3, -0.25) is 4.90 Å². The van der Waals surface area contributed by atoms with Crippen LogP contribution in [0.1, 0.15) is 45.1 Å². The first-order chi connectivity index (χ1) is 10.0. The Bertz CT molecular complexity index is 525. The molecule has 1 N–H and O–H groups in total. The SMILES string of the molecule is CC(C)(C)C1=CCN(CC2CCNc3ccccc32)CC1. The molecule has 1 unspecified atom stereocenters. The third-order valence-electron chi connectivity index (χ3n) is 4.94. The normalized spacial score (nSPS) is 23.2. The molecule has 0 aliphatic carbocycles. The molecule has 0 amide bonds. The second-order valence-electron chi connectivity index (χ2n) is 7.49. The van der Waals surface area contributed by atoms with Crippen molar-refractivity contribution in [1.29, 1.82) is 0 Å². The zero-order valence-corrected chi connectivity index (χ0v) is 13.7. The van der Waals surface area contributed by atoms with E-state index in [9.17, 15) is 0 Å². The molecule has 0 saturated heterocycles. The Hall–Kier alpha value is -1.28. The lowest BCUT2D eigenvalue weighted by Gasteiger charge is -2.35. The average molecular weight is 284 g/mol. The fourth-order valence-electron chi connectivity index (χ4n) is 3.61. The molecule has 114 valence electrons. The summed E-state index contributed by atoms with van der Waals surface area (Å²) in [5.74, 6) is 0.687. The zero-order chi connectivity index (χ0) is 14.9. The van der Waals surface area contributed by atoms with Gasteiger partial charge in [0, 0.05) is 37.8 Å². The summed E-state index contributed by atoms with van der Waals surface area (Å²) in [6.45, 7) is 11.6. The van der Waals surface area contributed by atoms with Gasteiger partial charge < -0.3 is 5.32 Å². The Morgan fingerprint density at radius 1 is 1.24 bits per heavy atom. The maximum absolute atomic E-state index is 3.53. The molecule has 21 heavy (non-hydrogen) atoms. The molecule has 0 fully saturated rings. The van der Waals surface area contributed by atoms with Crippen molar-refractivity contribution in [2.75, 3.05) is 31.5 Å². The average Bonchev–Trinajstić information content (AvgIpc) is 2.47. The summed E-state index contributed by atoms with van der Waals surface area (Å²) in [4.78, 5) is 2.63. The molecule has 2 heterocycles. The van der Waals surface area contributed by atoms with Crippen molar-refractivity contribution in [3.63, 3.8) is 0 Å². The van der Waals surface area contributed by atoms with Gasteiger partial charge in [-0.1, -0.05) is 50.6 Å². The van der Waals surface area contributed by atoms with Gasteiger partial charge in [-0.15, -0.1) is 0 Å². The summed E-state index contributed by atoms with van der Waals surface area (Å²) in [6, 6.07) is 8.82. The molecular formula is C19H28N2. The molecule has 0 radical (unpaired) electrons. The topological polar surface area (TPSA) is 15.3 Å². The van der Waals surface area contributed by atoms with Gasteiger partial charge in [0.2, 0.25) is 0 Å². The molecule has 0 aromatic heterocycles. The highest BCUT2D eigenvalue weighted by atomic mass is 15.1. The van der Waals surface area contributed by atoms with E-state index >= 15 is 0 Å². The fraction of sp³-hybridized carbons (Fsp3) is 0.579. The summed E-state index contributed by atoms with van der Waals surface area (Å²) >= 11 is 0. The third-order valence-corrected chi connectivity index (χ3v) is 4.94. The van der Waals surface area contributed by atoms with Gasteiger partial charge in [0.1, 0.15) is 0 Å². The van der Waals surface area contributed by atoms with Gasteiger partial charge in [-0.2, -0.15) is 0 Å². The van der Waals surface area contributed by atoms with Crippen molar-refractivity contribution >= 4 is 5.69 Å². The van der Waals surface area contributed by atoms with Crippen LogP contribution in [0.3, 0.4) is 0 Å². The molecule has 1 aromatic rings. The second kappa shape index (κ2) is 5.84. The van der Waals surface area contributed by atoms with Crippen molar-refractivity contribution in [3.05, 3.63) is 41.5 Å². The first-order valence-electron chi connectivity index (χ1n) is 8.29. The number of hydrogen-bond donors (Lipinski definition) is 1. The maximum atomic E-state index is 3.53. The van der Waals surface area contributed by atoms with Gasteiger partial charge in [-0.25, -0.2) is 0 Å². The third kappa shape index (κ3) is 3.32. The van der Waals surface area contributed by atoms with Gasteiger partial charge in [0.25, 0.3) is 0 Å². The molecule has 3 rings (SSSR count). The first-order valence-corrected chi connectivity index (χ1v) is 8.29. The van der Waals surface area contributed by atoms with E-state index in [2.05, 4.69) is 61.3 Å². The summed E-state index contributed by atoms with van der Waals surface area (Å²) in [6.07, 6.45) is 4.95. The molecule has 2 nitrogen and oxygen atoms in total. The highest BCUT2D eigenvalue weighted by Crippen LogP contribution is 2.34. The fourth-order valence-corrected chi connectivity index (χ4v) is 3.61. The van der Waals surface area contributed by atoms with Crippen LogP contribution in [0.2, 0.25) is 0 Å². The first kappa shape index (κ1) is 14.6. The number of fused-ring (bicyclic) bond motifs is 1. The molecule has 2 aliphatic rings. The quantitative estimate of drug-likeness (QED) is 0.816. The lowest BCUT2D eigenvalue weighted by Crippen LogP contribution is -2.36. The predicted octanol–water partition coefficient (Wildman–Crippen LogP) is 4.26.